The van der Waals surface area contributed by atoms with E-state index in [1.54, 1.807) is 7.11 Å². The van der Waals surface area contributed by atoms with Crippen LogP contribution >= 0.6 is 0 Å². The Morgan fingerprint density at radius 3 is 2.85 bits per heavy atom. The lowest BCUT2D eigenvalue weighted by Crippen LogP contribution is -2.21. The van der Waals surface area contributed by atoms with Gasteiger partial charge < -0.3 is 10.5 Å². The fourth-order valence-corrected chi connectivity index (χ4v) is 2.47. The van der Waals surface area contributed by atoms with E-state index in [1.165, 1.54) is 0 Å². The lowest BCUT2D eigenvalue weighted by Gasteiger charge is -2.18. The Kier molecular flexibility index (Phi) is 3.39. The zero-order valence-electron chi connectivity index (χ0n) is 11.4. The molecule has 1 atom stereocenters. The van der Waals surface area contributed by atoms with Crippen molar-refractivity contribution in [2.45, 2.75) is 6.04 Å². The van der Waals surface area contributed by atoms with E-state index < -0.39 is 0 Å². The van der Waals surface area contributed by atoms with E-state index in [1.807, 2.05) is 41.2 Å². The summed E-state index contributed by atoms with van der Waals surface area (Å²) >= 11 is 0. The van der Waals surface area contributed by atoms with Crippen LogP contribution in [0.2, 0.25) is 0 Å². The topological polar surface area (TPSA) is 53.1 Å². The van der Waals surface area contributed by atoms with E-state index in [0.717, 1.165) is 22.2 Å². The van der Waals surface area contributed by atoms with Crippen LogP contribution < -0.4 is 10.5 Å². The third-order valence-electron chi connectivity index (χ3n) is 3.50. The van der Waals surface area contributed by atoms with Crippen LogP contribution in [0.1, 0.15) is 11.6 Å². The molecule has 102 valence electrons. The molecule has 0 saturated heterocycles. The van der Waals surface area contributed by atoms with E-state index in [2.05, 4.69) is 23.3 Å². The molecule has 4 heteroatoms. The van der Waals surface area contributed by atoms with Gasteiger partial charge in [-0.25, -0.2) is 0 Å². The summed E-state index contributed by atoms with van der Waals surface area (Å²) in [5.41, 5.74) is 8.16. The molecule has 2 aromatic carbocycles. The summed E-state index contributed by atoms with van der Waals surface area (Å²) in [5, 5.41) is 5.61. The number of nitrogens with two attached hydrogens (primary N) is 1. The number of aromatic nitrogens is 2. The largest absolute Gasteiger partial charge is 0.497 e. The second kappa shape index (κ2) is 5.35. The lowest BCUT2D eigenvalue weighted by molar-refractivity contribution is 0.413. The predicted octanol–water partition coefficient (Wildman–Crippen LogP) is 2.59. The highest BCUT2D eigenvalue weighted by Gasteiger charge is 2.15. The van der Waals surface area contributed by atoms with Crippen LogP contribution in [-0.2, 0) is 0 Å². The fourth-order valence-electron chi connectivity index (χ4n) is 2.47. The first kappa shape index (κ1) is 12.7. The molecule has 20 heavy (non-hydrogen) atoms. The molecule has 0 aliphatic carbocycles. The summed E-state index contributed by atoms with van der Waals surface area (Å²) in [5.74, 6) is 0.831. The van der Waals surface area contributed by atoms with Gasteiger partial charge >= 0.3 is 0 Å². The van der Waals surface area contributed by atoms with Gasteiger partial charge in [0.15, 0.2) is 0 Å². The van der Waals surface area contributed by atoms with Crippen LogP contribution in [0, 0.1) is 0 Å². The third kappa shape index (κ3) is 2.14. The van der Waals surface area contributed by atoms with Gasteiger partial charge in [0, 0.05) is 11.9 Å². The van der Waals surface area contributed by atoms with E-state index in [-0.39, 0.29) is 6.04 Å². The number of hydrogen-bond acceptors (Lipinski definition) is 3. The number of fused-ring (bicyclic) bond motifs is 1. The van der Waals surface area contributed by atoms with Gasteiger partial charge in [-0.05, 0) is 23.8 Å². The van der Waals surface area contributed by atoms with Crippen LogP contribution in [-0.4, -0.2) is 23.4 Å². The van der Waals surface area contributed by atoms with Crippen molar-refractivity contribution in [1.29, 1.82) is 0 Å². The number of rotatable bonds is 4. The Bertz CT molecular complexity index is 720. The molecule has 1 aromatic heterocycles. The highest BCUT2D eigenvalue weighted by molar-refractivity contribution is 5.78. The average molecular weight is 267 g/mol. The van der Waals surface area contributed by atoms with Crippen molar-refractivity contribution in [3.05, 3.63) is 60.3 Å². The maximum Gasteiger partial charge on any atom is 0.119 e. The first-order valence-electron chi connectivity index (χ1n) is 6.59. The summed E-state index contributed by atoms with van der Waals surface area (Å²) in [6, 6.07) is 16.1. The van der Waals surface area contributed by atoms with Crippen molar-refractivity contribution >= 4 is 10.9 Å². The number of ether oxygens (including phenoxy) is 1. The lowest BCUT2D eigenvalue weighted by atomic mass is 10.1. The molecule has 0 bridgehead atoms. The molecular weight excluding hydrogens is 250 g/mol. The third-order valence-corrected chi connectivity index (χ3v) is 3.50. The molecule has 0 aliphatic rings. The van der Waals surface area contributed by atoms with Crippen molar-refractivity contribution in [2.75, 3.05) is 13.7 Å². The zero-order chi connectivity index (χ0) is 13.9. The minimum Gasteiger partial charge on any atom is -0.497 e. The molecule has 0 amide bonds. The fraction of sp³-hybridized carbons (Fsp3) is 0.188. The summed E-state index contributed by atoms with van der Waals surface area (Å²) in [4.78, 5) is 0. The smallest absolute Gasteiger partial charge is 0.119 e. The molecule has 0 aliphatic heterocycles. The van der Waals surface area contributed by atoms with Crippen molar-refractivity contribution in [1.82, 2.24) is 9.78 Å². The predicted molar refractivity (Wildman–Crippen MR) is 79.9 cm³/mol. The zero-order valence-corrected chi connectivity index (χ0v) is 11.4. The highest BCUT2D eigenvalue weighted by atomic mass is 16.5. The minimum atomic E-state index is 0.00463. The van der Waals surface area contributed by atoms with Gasteiger partial charge in [-0.3, -0.25) is 4.68 Å². The quantitative estimate of drug-likeness (QED) is 0.790. The van der Waals surface area contributed by atoms with Crippen LogP contribution in [0.5, 0.6) is 5.75 Å². The molecule has 1 heterocycles. The molecule has 0 radical (unpaired) electrons. The van der Waals surface area contributed by atoms with Crippen molar-refractivity contribution in [3.63, 3.8) is 0 Å². The van der Waals surface area contributed by atoms with E-state index in [4.69, 9.17) is 10.5 Å². The molecule has 3 aromatic rings. The van der Waals surface area contributed by atoms with Crippen molar-refractivity contribution < 1.29 is 4.74 Å². The van der Waals surface area contributed by atoms with Gasteiger partial charge in [0.1, 0.15) is 5.75 Å². The number of nitrogens with zero attached hydrogens (tertiary/aromatic N) is 2. The Hall–Kier alpha value is -2.33. The summed E-state index contributed by atoms with van der Waals surface area (Å²) < 4.78 is 7.26. The standard InChI is InChI=1S/C16H17N3O/c1-20-14-7-4-6-12(9-14)16(10-17)19-15-8-3-2-5-13(15)11-18-19/h2-9,11,16H,10,17H2,1H3. The first-order valence-corrected chi connectivity index (χ1v) is 6.59. The molecule has 3 rings (SSSR count). The molecule has 4 nitrogen and oxygen atoms in total. The Morgan fingerprint density at radius 1 is 1.20 bits per heavy atom. The number of hydrogen-bond donors (Lipinski definition) is 1. The van der Waals surface area contributed by atoms with Gasteiger partial charge in [-0.15, -0.1) is 0 Å². The summed E-state index contributed by atoms with van der Waals surface area (Å²) in [7, 11) is 1.67. The van der Waals surface area contributed by atoms with Gasteiger partial charge in [0.2, 0.25) is 0 Å². The minimum absolute atomic E-state index is 0.00463. The molecule has 2 N–H and O–H groups in total. The maximum atomic E-state index is 5.98. The van der Waals surface area contributed by atoms with Gasteiger partial charge in [0.05, 0.1) is 24.9 Å². The van der Waals surface area contributed by atoms with E-state index in [9.17, 15) is 0 Å². The number of benzene rings is 2. The molecular formula is C16H17N3O. The van der Waals surface area contributed by atoms with Gasteiger partial charge in [-0.1, -0.05) is 30.3 Å². The van der Waals surface area contributed by atoms with Gasteiger partial charge in [-0.2, -0.15) is 5.10 Å². The number of methoxy groups -OCH3 is 1. The van der Waals surface area contributed by atoms with Crippen molar-refractivity contribution in [3.8, 4) is 5.75 Å². The normalized spacial score (nSPS) is 12.5. The van der Waals surface area contributed by atoms with Crippen LogP contribution in [0.25, 0.3) is 10.9 Å². The van der Waals surface area contributed by atoms with Gasteiger partial charge in [0.25, 0.3) is 0 Å². The average Bonchev–Trinajstić information content (AvgIpc) is 2.93. The second-order valence-electron chi connectivity index (χ2n) is 4.68. The van der Waals surface area contributed by atoms with E-state index in [0.29, 0.717) is 6.54 Å². The molecule has 1 unspecified atom stereocenters. The second-order valence-corrected chi connectivity index (χ2v) is 4.68. The molecule has 0 saturated carbocycles. The Balaban J connectivity index is 2.09. The Labute approximate surface area is 117 Å². The highest BCUT2D eigenvalue weighted by Crippen LogP contribution is 2.25. The summed E-state index contributed by atoms with van der Waals surface area (Å²) in [6.45, 7) is 0.485. The Morgan fingerprint density at radius 2 is 2.05 bits per heavy atom. The number of para-hydroxylation sites is 1. The first-order chi connectivity index (χ1) is 9.83. The van der Waals surface area contributed by atoms with E-state index >= 15 is 0 Å². The van der Waals surface area contributed by atoms with Crippen LogP contribution in [0.4, 0.5) is 0 Å². The van der Waals surface area contributed by atoms with Crippen LogP contribution in [0.3, 0.4) is 0 Å². The SMILES string of the molecule is COc1cccc(C(CN)n2ncc3ccccc32)c1. The molecule has 0 fully saturated rings. The maximum absolute atomic E-state index is 5.98. The molecule has 0 spiro atoms. The monoisotopic (exact) mass is 267 g/mol. The van der Waals surface area contributed by atoms with Crippen LogP contribution in [0.15, 0.2) is 54.7 Å². The summed E-state index contributed by atoms with van der Waals surface area (Å²) in [6.07, 6.45) is 1.87. The van der Waals surface area contributed by atoms with Crippen molar-refractivity contribution in [2.24, 2.45) is 5.73 Å².